The molecule has 4 heteroatoms. The number of nitrogens with one attached hydrogen (secondary N) is 1. The Labute approximate surface area is 114 Å². The third-order valence-corrected chi connectivity index (χ3v) is 3.33. The lowest BCUT2D eigenvalue weighted by Crippen LogP contribution is -2.32. The molecule has 0 radical (unpaired) electrons. The van der Waals surface area contributed by atoms with E-state index in [1.165, 1.54) is 18.2 Å². The number of hydrogen-bond acceptors (Lipinski definition) is 3. The normalized spacial score (nSPS) is 13.5. The van der Waals surface area contributed by atoms with Crippen LogP contribution in [0.2, 0.25) is 0 Å². The van der Waals surface area contributed by atoms with Crippen molar-refractivity contribution in [1.82, 2.24) is 5.32 Å². The molecule has 0 bridgehead atoms. The predicted octanol–water partition coefficient (Wildman–Crippen LogP) is 3.24. The Morgan fingerprint density at radius 1 is 1.42 bits per heavy atom. The average molecular weight is 269 g/mol. The number of ether oxygens (including phenoxy) is 1. The Morgan fingerprint density at radius 3 is 2.74 bits per heavy atom. The number of phenols is 1. The van der Waals surface area contributed by atoms with Crippen molar-refractivity contribution in [2.75, 3.05) is 20.3 Å². The molecule has 1 aromatic rings. The summed E-state index contributed by atoms with van der Waals surface area (Å²) >= 11 is 0. The van der Waals surface area contributed by atoms with E-state index >= 15 is 0 Å². The van der Waals surface area contributed by atoms with E-state index in [0.29, 0.717) is 12.2 Å². The first-order valence-corrected chi connectivity index (χ1v) is 6.56. The maximum Gasteiger partial charge on any atom is 0.123 e. The van der Waals surface area contributed by atoms with Gasteiger partial charge in [-0.1, -0.05) is 13.8 Å². The minimum absolute atomic E-state index is 0.0905. The van der Waals surface area contributed by atoms with Gasteiger partial charge in [-0.3, -0.25) is 0 Å². The summed E-state index contributed by atoms with van der Waals surface area (Å²) in [5.74, 6) is -0.212. The van der Waals surface area contributed by atoms with Gasteiger partial charge in [0.2, 0.25) is 0 Å². The molecule has 3 nitrogen and oxygen atoms in total. The summed E-state index contributed by atoms with van der Waals surface area (Å²) < 4.78 is 18.3. The van der Waals surface area contributed by atoms with Crippen LogP contribution in [0, 0.1) is 11.2 Å². The first-order valence-electron chi connectivity index (χ1n) is 6.56. The van der Waals surface area contributed by atoms with E-state index in [-0.39, 0.29) is 23.0 Å². The fourth-order valence-corrected chi connectivity index (χ4v) is 1.88. The molecule has 0 saturated heterocycles. The Kier molecular flexibility index (Phi) is 5.76. The monoisotopic (exact) mass is 269 g/mol. The van der Waals surface area contributed by atoms with Gasteiger partial charge in [0.05, 0.1) is 0 Å². The molecule has 0 aromatic heterocycles. The minimum atomic E-state index is -0.333. The molecule has 0 heterocycles. The second-order valence-electron chi connectivity index (χ2n) is 5.71. The van der Waals surface area contributed by atoms with Crippen LogP contribution in [0.4, 0.5) is 4.39 Å². The van der Waals surface area contributed by atoms with Gasteiger partial charge in [-0.25, -0.2) is 4.39 Å². The molecule has 2 N–H and O–H groups in total. The number of methoxy groups -OCH3 is 1. The van der Waals surface area contributed by atoms with E-state index in [1.807, 2.05) is 6.92 Å². The summed E-state index contributed by atoms with van der Waals surface area (Å²) in [6.07, 6.45) is 0.943. The molecule has 0 aliphatic rings. The smallest absolute Gasteiger partial charge is 0.123 e. The number of aromatic hydroxyl groups is 1. The summed E-state index contributed by atoms with van der Waals surface area (Å²) in [5.41, 5.74) is 0.676. The zero-order valence-electron chi connectivity index (χ0n) is 12.2. The van der Waals surface area contributed by atoms with Crippen LogP contribution in [0.25, 0.3) is 0 Å². The molecule has 1 atom stereocenters. The van der Waals surface area contributed by atoms with E-state index < -0.39 is 0 Å². The van der Waals surface area contributed by atoms with Crippen LogP contribution in [0.3, 0.4) is 0 Å². The zero-order valence-corrected chi connectivity index (χ0v) is 12.2. The summed E-state index contributed by atoms with van der Waals surface area (Å²) in [4.78, 5) is 0. The average Bonchev–Trinajstić information content (AvgIpc) is 2.36. The number of halogens is 1. The van der Waals surface area contributed by atoms with E-state index in [0.717, 1.165) is 13.0 Å². The number of benzene rings is 1. The van der Waals surface area contributed by atoms with Crippen molar-refractivity contribution in [1.29, 1.82) is 0 Å². The summed E-state index contributed by atoms with van der Waals surface area (Å²) in [7, 11) is 1.69. The van der Waals surface area contributed by atoms with Crippen molar-refractivity contribution in [2.24, 2.45) is 5.41 Å². The van der Waals surface area contributed by atoms with Gasteiger partial charge in [-0.15, -0.1) is 0 Å². The lowest BCUT2D eigenvalue weighted by Gasteiger charge is -2.27. The van der Waals surface area contributed by atoms with Gasteiger partial charge in [0.25, 0.3) is 0 Å². The maximum atomic E-state index is 13.2. The maximum absolute atomic E-state index is 13.2. The van der Waals surface area contributed by atoms with Crippen LogP contribution in [-0.4, -0.2) is 25.4 Å². The third-order valence-electron chi connectivity index (χ3n) is 3.33. The van der Waals surface area contributed by atoms with Crippen LogP contribution in [0.5, 0.6) is 5.75 Å². The van der Waals surface area contributed by atoms with Crippen LogP contribution in [0.15, 0.2) is 18.2 Å². The van der Waals surface area contributed by atoms with Gasteiger partial charge in [0.15, 0.2) is 0 Å². The van der Waals surface area contributed by atoms with Crippen LogP contribution in [-0.2, 0) is 4.74 Å². The predicted molar refractivity (Wildman–Crippen MR) is 74.8 cm³/mol. The van der Waals surface area contributed by atoms with Crippen molar-refractivity contribution in [3.05, 3.63) is 29.6 Å². The van der Waals surface area contributed by atoms with Gasteiger partial charge in [-0.2, -0.15) is 0 Å². The largest absolute Gasteiger partial charge is 0.508 e. The van der Waals surface area contributed by atoms with Gasteiger partial charge >= 0.3 is 0 Å². The second-order valence-corrected chi connectivity index (χ2v) is 5.71. The van der Waals surface area contributed by atoms with Crippen molar-refractivity contribution in [3.63, 3.8) is 0 Å². The van der Waals surface area contributed by atoms with Crippen molar-refractivity contribution in [3.8, 4) is 5.75 Å². The van der Waals surface area contributed by atoms with Gasteiger partial charge < -0.3 is 15.2 Å². The molecule has 19 heavy (non-hydrogen) atoms. The summed E-state index contributed by atoms with van der Waals surface area (Å²) in [5, 5.41) is 13.1. The first-order chi connectivity index (χ1) is 8.85. The molecule has 0 aliphatic carbocycles. The standard InChI is InChI=1S/C15H24FNO2/c1-11(13-9-12(16)5-6-14(13)18)17-10-15(2,3)7-8-19-4/h5-6,9,11,17-18H,7-8,10H2,1-4H3. The van der Waals surface area contributed by atoms with Crippen molar-refractivity contribution in [2.45, 2.75) is 33.2 Å². The molecular weight excluding hydrogens is 245 g/mol. The minimum Gasteiger partial charge on any atom is -0.508 e. The first kappa shape index (κ1) is 15.9. The zero-order chi connectivity index (χ0) is 14.5. The third kappa shape index (κ3) is 5.17. The number of phenolic OH excluding ortho intramolecular Hbond substituents is 1. The van der Waals surface area contributed by atoms with Gasteiger partial charge in [-0.05, 0) is 37.0 Å². The molecule has 0 spiro atoms. The van der Waals surface area contributed by atoms with Gasteiger partial charge in [0, 0.05) is 31.9 Å². The second kappa shape index (κ2) is 6.87. The van der Waals surface area contributed by atoms with E-state index in [4.69, 9.17) is 4.74 Å². The molecule has 108 valence electrons. The Hall–Kier alpha value is -1.13. The SMILES string of the molecule is COCCC(C)(C)CNC(C)c1cc(F)ccc1O. The fraction of sp³-hybridized carbons (Fsp3) is 0.600. The lowest BCUT2D eigenvalue weighted by atomic mass is 9.89. The highest BCUT2D eigenvalue weighted by molar-refractivity contribution is 5.34. The van der Waals surface area contributed by atoms with Crippen LogP contribution in [0.1, 0.15) is 38.8 Å². The van der Waals surface area contributed by atoms with E-state index in [9.17, 15) is 9.50 Å². The molecule has 0 amide bonds. The Bertz CT molecular complexity index is 407. The highest BCUT2D eigenvalue weighted by Crippen LogP contribution is 2.26. The van der Waals surface area contributed by atoms with Crippen molar-refractivity contribution < 1.29 is 14.2 Å². The van der Waals surface area contributed by atoms with Crippen LogP contribution < -0.4 is 5.32 Å². The molecule has 1 rings (SSSR count). The van der Waals surface area contributed by atoms with Crippen LogP contribution >= 0.6 is 0 Å². The van der Waals surface area contributed by atoms with E-state index in [1.54, 1.807) is 7.11 Å². The quantitative estimate of drug-likeness (QED) is 0.798. The number of hydrogen-bond donors (Lipinski definition) is 2. The molecular formula is C15H24FNO2. The fourth-order valence-electron chi connectivity index (χ4n) is 1.88. The highest BCUT2D eigenvalue weighted by Gasteiger charge is 2.19. The molecule has 0 fully saturated rings. The summed E-state index contributed by atoms with van der Waals surface area (Å²) in [6.45, 7) is 7.71. The van der Waals surface area contributed by atoms with Crippen molar-refractivity contribution >= 4 is 0 Å². The Morgan fingerprint density at radius 2 is 2.11 bits per heavy atom. The molecule has 0 aliphatic heterocycles. The molecule has 0 saturated carbocycles. The summed E-state index contributed by atoms with van der Waals surface area (Å²) in [6, 6.07) is 3.92. The van der Waals surface area contributed by atoms with Gasteiger partial charge in [0.1, 0.15) is 11.6 Å². The molecule has 1 unspecified atom stereocenters. The molecule has 1 aromatic carbocycles. The van der Waals surface area contributed by atoms with E-state index in [2.05, 4.69) is 19.2 Å². The lowest BCUT2D eigenvalue weighted by molar-refractivity contribution is 0.149. The Balaban J connectivity index is 2.59. The topological polar surface area (TPSA) is 41.5 Å². The highest BCUT2D eigenvalue weighted by atomic mass is 19.1. The number of rotatable bonds is 7.